The molecule has 0 unspecified atom stereocenters. The van der Waals surface area contributed by atoms with Gasteiger partial charge in [-0.2, -0.15) is 0 Å². The van der Waals surface area contributed by atoms with Crippen LogP contribution < -0.4 is 0 Å². The van der Waals surface area contributed by atoms with Gasteiger partial charge in [0.1, 0.15) is 6.10 Å². The van der Waals surface area contributed by atoms with Crippen molar-refractivity contribution in [1.29, 1.82) is 0 Å². The number of hydrogen-bond donors (Lipinski definition) is 0. The van der Waals surface area contributed by atoms with Gasteiger partial charge in [-0.05, 0) is 47.6 Å². The van der Waals surface area contributed by atoms with Crippen LogP contribution in [0.5, 0.6) is 0 Å². The second kappa shape index (κ2) is 5.72. The highest BCUT2D eigenvalue weighted by Gasteiger charge is 2.57. The molecule has 1 aromatic carbocycles. The first-order chi connectivity index (χ1) is 11.8. The molecular formula is C23H30O2. The van der Waals surface area contributed by atoms with Crippen molar-refractivity contribution in [2.45, 2.75) is 65.9 Å². The number of esters is 1. The summed E-state index contributed by atoms with van der Waals surface area (Å²) in [4.78, 5) is 12.6. The molecule has 1 aliphatic heterocycles. The van der Waals surface area contributed by atoms with Crippen molar-refractivity contribution in [2.75, 3.05) is 0 Å². The predicted octanol–water partition coefficient (Wildman–Crippen LogP) is 5.63. The molecule has 2 nitrogen and oxygen atoms in total. The van der Waals surface area contributed by atoms with Gasteiger partial charge in [0.25, 0.3) is 0 Å². The Kier molecular flexibility index (Phi) is 3.86. The molecule has 134 valence electrons. The molecule has 4 rings (SSSR count). The maximum atomic E-state index is 12.6. The smallest absolute Gasteiger partial charge is 0.306 e. The van der Waals surface area contributed by atoms with Crippen LogP contribution in [-0.2, 0) is 9.53 Å². The lowest BCUT2D eigenvalue weighted by molar-refractivity contribution is -0.149. The van der Waals surface area contributed by atoms with E-state index < -0.39 is 0 Å². The molecule has 0 bridgehead atoms. The van der Waals surface area contributed by atoms with Gasteiger partial charge in [0, 0.05) is 18.8 Å². The standard InChI is InChI=1S/C23H30O2/c1-15-17(16-9-6-5-7-10-16)13-18-21(15)23(4)12-8-11-22(2,3)19(23)14-20(24)25-18/h5-7,9-10,18-19,21H,8,11-14H2,1-4H3/t18-,19+,21+,23+/m0/s1. The van der Waals surface area contributed by atoms with Crippen molar-refractivity contribution in [2.24, 2.45) is 22.7 Å². The Morgan fingerprint density at radius 3 is 2.48 bits per heavy atom. The number of rotatable bonds is 1. The monoisotopic (exact) mass is 338 g/mol. The van der Waals surface area contributed by atoms with E-state index in [9.17, 15) is 4.79 Å². The molecule has 25 heavy (non-hydrogen) atoms. The Balaban J connectivity index is 1.82. The molecule has 2 fully saturated rings. The first-order valence-corrected chi connectivity index (χ1v) is 9.77. The Labute approximate surface area is 151 Å². The van der Waals surface area contributed by atoms with Crippen LogP contribution in [0, 0.1) is 22.7 Å². The van der Waals surface area contributed by atoms with Gasteiger partial charge in [-0.3, -0.25) is 4.79 Å². The molecule has 3 aliphatic rings. The molecule has 1 saturated carbocycles. The number of carbonyl (C=O) groups is 1. The fourth-order valence-corrected chi connectivity index (χ4v) is 6.39. The number of ether oxygens (including phenoxy) is 1. The van der Waals surface area contributed by atoms with Crippen molar-refractivity contribution in [1.82, 2.24) is 0 Å². The molecule has 0 radical (unpaired) electrons. The number of fused-ring (bicyclic) bond motifs is 3. The molecule has 2 heteroatoms. The zero-order valence-electron chi connectivity index (χ0n) is 16.0. The molecule has 1 heterocycles. The average Bonchev–Trinajstić information content (AvgIpc) is 2.82. The zero-order chi connectivity index (χ0) is 17.8. The first-order valence-electron chi connectivity index (χ1n) is 9.77. The molecule has 0 amide bonds. The van der Waals surface area contributed by atoms with Gasteiger partial charge in [-0.1, -0.05) is 63.1 Å². The van der Waals surface area contributed by atoms with Gasteiger partial charge in [-0.15, -0.1) is 0 Å². The van der Waals surface area contributed by atoms with E-state index in [-0.39, 0.29) is 22.9 Å². The maximum Gasteiger partial charge on any atom is 0.306 e. The number of hydrogen-bond acceptors (Lipinski definition) is 2. The highest BCUT2D eigenvalue weighted by molar-refractivity contribution is 5.75. The van der Waals surface area contributed by atoms with Crippen LogP contribution in [0.25, 0.3) is 5.57 Å². The lowest BCUT2D eigenvalue weighted by atomic mass is 9.51. The second-order valence-corrected chi connectivity index (χ2v) is 9.34. The van der Waals surface area contributed by atoms with Crippen LogP contribution in [-0.4, -0.2) is 12.1 Å². The SMILES string of the molecule is CC1=C(c2ccccc2)C[C@@H]2OC(=O)C[C@@H]3C(C)(C)CCC[C@@]3(C)[C@H]12. The highest BCUT2D eigenvalue weighted by atomic mass is 16.5. The Morgan fingerprint density at radius 2 is 1.76 bits per heavy atom. The summed E-state index contributed by atoms with van der Waals surface area (Å²) < 4.78 is 6.03. The third-order valence-electron chi connectivity index (χ3n) is 7.48. The summed E-state index contributed by atoms with van der Waals surface area (Å²) in [6, 6.07) is 10.6. The molecular weight excluding hydrogens is 308 g/mol. The second-order valence-electron chi connectivity index (χ2n) is 9.34. The average molecular weight is 338 g/mol. The molecule has 0 N–H and O–H groups in total. The van der Waals surface area contributed by atoms with Crippen molar-refractivity contribution in [3.05, 3.63) is 41.5 Å². The Bertz CT molecular complexity index is 715. The third-order valence-corrected chi connectivity index (χ3v) is 7.48. The molecule has 2 aliphatic carbocycles. The van der Waals surface area contributed by atoms with Crippen LogP contribution in [0.15, 0.2) is 35.9 Å². The third kappa shape index (κ3) is 2.56. The van der Waals surface area contributed by atoms with E-state index in [1.807, 2.05) is 0 Å². The Morgan fingerprint density at radius 1 is 1.04 bits per heavy atom. The lowest BCUT2D eigenvalue weighted by Gasteiger charge is -2.53. The summed E-state index contributed by atoms with van der Waals surface area (Å²) in [6.07, 6.45) is 5.15. The van der Waals surface area contributed by atoms with Crippen LogP contribution >= 0.6 is 0 Å². The molecule has 0 spiro atoms. The van der Waals surface area contributed by atoms with Gasteiger partial charge in [0.15, 0.2) is 0 Å². The maximum absolute atomic E-state index is 12.6. The predicted molar refractivity (Wildman–Crippen MR) is 101 cm³/mol. The molecule has 1 saturated heterocycles. The summed E-state index contributed by atoms with van der Waals surface area (Å²) in [5.74, 6) is 0.779. The first kappa shape index (κ1) is 16.9. The summed E-state index contributed by atoms with van der Waals surface area (Å²) in [5.41, 5.74) is 4.50. The van der Waals surface area contributed by atoms with Gasteiger partial charge >= 0.3 is 5.97 Å². The van der Waals surface area contributed by atoms with Crippen molar-refractivity contribution >= 4 is 11.5 Å². The van der Waals surface area contributed by atoms with Gasteiger partial charge in [0.05, 0.1) is 0 Å². The molecule has 1 aromatic rings. The molecule has 0 aromatic heterocycles. The number of carbonyl (C=O) groups excluding carboxylic acids is 1. The van der Waals surface area contributed by atoms with E-state index in [2.05, 4.69) is 58.0 Å². The van der Waals surface area contributed by atoms with E-state index in [0.717, 1.165) is 6.42 Å². The van der Waals surface area contributed by atoms with Gasteiger partial charge in [0.2, 0.25) is 0 Å². The summed E-state index contributed by atoms with van der Waals surface area (Å²) in [7, 11) is 0. The summed E-state index contributed by atoms with van der Waals surface area (Å²) >= 11 is 0. The van der Waals surface area contributed by atoms with Crippen LogP contribution in [0.3, 0.4) is 0 Å². The normalized spacial score (nSPS) is 37.1. The van der Waals surface area contributed by atoms with E-state index in [1.54, 1.807) is 0 Å². The summed E-state index contributed by atoms with van der Waals surface area (Å²) in [5, 5.41) is 0. The zero-order valence-corrected chi connectivity index (χ0v) is 16.0. The minimum atomic E-state index is 0.0146. The largest absolute Gasteiger partial charge is 0.461 e. The highest BCUT2D eigenvalue weighted by Crippen LogP contribution is 2.62. The fraction of sp³-hybridized carbons (Fsp3) is 0.609. The van der Waals surface area contributed by atoms with Crippen molar-refractivity contribution < 1.29 is 9.53 Å². The van der Waals surface area contributed by atoms with Crippen LogP contribution in [0.2, 0.25) is 0 Å². The van der Waals surface area contributed by atoms with Crippen LogP contribution in [0.1, 0.15) is 65.4 Å². The summed E-state index contributed by atoms with van der Waals surface area (Å²) in [6.45, 7) is 9.44. The quantitative estimate of drug-likeness (QED) is 0.620. The Hall–Kier alpha value is -1.57. The van der Waals surface area contributed by atoms with E-state index in [1.165, 1.54) is 36.0 Å². The van der Waals surface area contributed by atoms with Gasteiger partial charge < -0.3 is 4.74 Å². The van der Waals surface area contributed by atoms with Crippen molar-refractivity contribution in [3.8, 4) is 0 Å². The fourth-order valence-electron chi connectivity index (χ4n) is 6.39. The number of benzene rings is 1. The van der Waals surface area contributed by atoms with Crippen LogP contribution in [0.4, 0.5) is 0 Å². The van der Waals surface area contributed by atoms with E-state index in [4.69, 9.17) is 4.74 Å². The van der Waals surface area contributed by atoms with E-state index >= 15 is 0 Å². The van der Waals surface area contributed by atoms with Gasteiger partial charge in [-0.25, -0.2) is 0 Å². The van der Waals surface area contributed by atoms with E-state index in [0.29, 0.717) is 18.3 Å². The lowest BCUT2D eigenvalue weighted by Crippen LogP contribution is -2.47. The minimum absolute atomic E-state index is 0.0146. The molecule has 4 atom stereocenters. The van der Waals surface area contributed by atoms with Crippen molar-refractivity contribution in [3.63, 3.8) is 0 Å². The topological polar surface area (TPSA) is 26.3 Å². The minimum Gasteiger partial charge on any atom is -0.461 e.